The van der Waals surface area contributed by atoms with Crippen molar-refractivity contribution in [3.8, 4) is 0 Å². The molecule has 1 aromatic rings. The van der Waals surface area contributed by atoms with E-state index in [9.17, 15) is 4.79 Å². The van der Waals surface area contributed by atoms with Crippen molar-refractivity contribution in [2.75, 3.05) is 18.8 Å². The number of nitrogen functional groups attached to an aromatic ring is 1. The molecule has 1 rings (SSSR count). The molecule has 0 fully saturated rings. The predicted octanol–water partition coefficient (Wildman–Crippen LogP) is 0.747. The van der Waals surface area contributed by atoms with Crippen LogP contribution in [0.1, 0.15) is 12.0 Å². The minimum Gasteiger partial charge on any atom is -0.399 e. The first kappa shape index (κ1) is 12.3. The molecule has 0 heterocycles. The van der Waals surface area contributed by atoms with E-state index in [0.717, 1.165) is 12.0 Å². The average molecular weight is 219 g/mol. The molecule has 1 aromatic carbocycles. The Kier molecular flexibility index (Phi) is 5.08. The maximum Gasteiger partial charge on any atom is 0.243 e. The molecular weight excluding hydrogens is 202 g/mol. The highest BCUT2D eigenvalue weighted by molar-refractivity contribution is 5.91. The van der Waals surface area contributed by atoms with Crippen LogP contribution < -0.4 is 16.8 Å². The van der Waals surface area contributed by atoms with Crippen LogP contribution in [0, 0.1) is 0 Å². The molecule has 0 atom stereocenters. The van der Waals surface area contributed by atoms with Crippen LogP contribution in [0.5, 0.6) is 0 Å². The Hall–Kier alpha value is -1.81. The van der Waals surface area contributed by atoms with Crippen LogP contribution in [0.3, 0.4) is 0 Å². The zero-order valence-electron chi connectivity index (χ0n) is 9.15. The van der Waals surface area contributed by atoms with Gasteiger partial charge < -0.3 is 16.8 Å². The van der Waals surface area contributed by atoms with E-state index >= 15 is 0 Å². The summed E-state index contributed by atoms with van der Waals surface area (Å²) in [5, 5.41) is 2.73. The van der Waals surface area contributed by atoms with E-state index in [1.165, 1.54) is 6.08 Å². The Morgan fingerprint density at radius 3 is 2.94 bits per heavy atom. The lowest BCUT2D eigenvalue weighted by Crippen LogP contribution is -2.23. The molecule has 0 aromatic heterocycles. The molecule has 0 aliphatic heterocycles. The fourth-order valence-corrected chi connectivity index (χ4v) is 1.21. The number of carbonyl (C=O) groups is 1. The molecule has 5 N–H and O–H groups in total. The van der Waals surface area contributed by atoms with Crippen molar-refractivity contribution in [3.63, 3.8) is 0 Å². The Morgan fingerprint density at radius 2 is 2.25 bits per heavy atom. The number of nitrogens with one attached hydrogen (secondary N) is 1. The summed E-state index contributed by atoms with van der Waals surface area (Å²) in [4.78, 5) is 11.3. The van der Waals surface area contributed by atoms with E-state index in [-0.39, 0.29) is 5.91 Å². The lowest BCUT2D eigenvalue weighted by Gasteiger charge is -1.99. The first-order valence-corrected chi connectivity index (χ1v) is 5.24. The van der Waals surface area contributed by atoms with Crippen LogP contribution in [-0.4, -0.2) is 19.0 Å². The van der Waals surface area contributed by atoms with Crippen molar-refractivity contribution in [2.24, 2.45) is 5.73 Å². The Morgan fingerprint density at radius 1 is 1.44 bits per heavy atom. The molecule has 0 bridgehead atoms. The number of hydrogen-bond acceptors (Lipinski definition) is 3. The van der Waals surface area contributed by atoms with E-state index in [0.29, 0.717) is 18.8 Å². The number of anilines is 1. The van der Waals surface area contributed by atoms with Crippen molar-refractivity contribution in [3.05, 3.63) is 35.9 Å². The van der Waals surface area contributed by atoms with Gasteiger partial charge in [0.15, 0.2) is 0 Å². The van der Waals surface area contributed by atoms with Gasteiger partial charge in [0.05, 0.1) is 0 Å². The van der Waals surface area contributed by atoms with E-state index < -0.39 is 0 Å². The van der Waals surface area contributed by atoms with Crippen molar-refractivity contribution < 1.29 is 4.79 Å². The molecule has 4 heteroatoms. The Labute approximate surface area is 95.3 Å². The van der Waals surface area contributed by atoms with E-state index in [4.69, 9.17) is 11.5 Å². The molecule has 0 spiro atoms. The zero-order valence-corrected chi connectivity index (χ0v) is 9.15. The summed E-state index contributed by atoms with van der Waals surface area (Å²) in [6.45, 7) is 1.19. The summed E-state index contributed by atoms with van der Waals surface area (Å²) >= 11 is 0. The highest BCUT2D eigenvalue weighted by Crippen LogP contribution is 2.07. The van der Waals surface area contributed by atoms with Crippen LogP contribution in [0.2, 0.25) is 0 Å². The van der Waals surface area contributed by atoms with Crippen LogP contribution >= 0.6 is 0 Å². The fraction of sp³-hybridized carbons (Fsp3) is 0.250. The molecule has 86 valence electrons. The zero-order chi connectivity index (χ0) is 11.8. The summed E-state index contributed by atoms with van der Waals surface area (Å²) in [5.41, 5.74) is 12.5. The minimum atomic E-state index is -0.115. The second-order valence-electron chi connectivity index (χ2n) is 3.44. The lowest BCUT2D eigenvalue weighted by molar-refractivity contribution is -0.116. The number of benzene rings is 1. The summed E-state index contributed by atoms with van der Waals surface area (Å²) < 4.78 is 0. The quantitative estimate of drug-likeness (QED) is 0.388. The largest absolute Gasteiger partial charge is 0.399 e. The molecule has 0 radical (unpaired) electrons. The van der Waals surface area contributed by atoms with Gasteiger partial charge in [0, 0.05) is 18.3 Å². The maximum atomic E-state index is 11.3. The number of nitrogens with two attached hydrogens (primary N) is 2. The van der Waals surface area contributed by atoms with Gasteiger partial charge in [0.2, 0.25) is 5.91 Å². The summed E-state index contributed by atoms with van der Waals surface area (Å²) in [5.74, 6) is -0.115. The van der Waals surface area contributed by atoms with Gasteiger partial charge in [-0.3, -0.25) is 4.79 Å². The van der Waals surface area contributed by atoms with E-state index in [1.54, 1.807) is 12.1 Å². The lowest BCUT2D eigenvalue weighted by atomic mass is 10.2. The van der Waals surface area contributed by atoms with Gasteiger partial charge >= 0.3 is 0 Å². The van der Waals surface area contributed by atoms with Gasteiger partial charge in [-0.25, -0.2) is 0 Å². The van der Waals surface area contributed by atoms with Gasteiger partial charge in [-0.05, 0) is 36.7 Å². The Balaban J connectivity index is 2.44. The normalized spacial score (nSPS) is 10.6. The molecule has 16 heavy (non-hydrogen) atoms. The van der Waals surface area contributed by atoms with Gasteiger partial charge in [-0.2, -0.15) is 0 Å². The van der Waals surface area contributed by atoms with Gasteiger partial charge in [0.1, 0.15) is 0 Å². The topological polar surface area (TPSA) is 81.1 Å². The summed E-state index contributed by atoms with van der Waals surface area (Å²) in [6, 6.07) is 7.35. The maximum absolute atomic E-state index is 11.3. The highest BCUT2D eigenvalue weighted by atomic mass is 16.1. The molecule has 0 saturated carbocycles. The van der Waals surface area contributed by atoms with Crippen LogP contribution in [-0.2, 0) is 4.79 Å². The third-order valence-electron chi connectivity index (χ3n) is 2.02. The van der Waals surface area contributed by atoms with Gasteiger partial charge in [0.25, 0.3) is 0 Å². The minimum absolute atomic E-state index is 0.115. The number of amides is 1. The molecule has 0 aliphatic carbocycles. The standard InChI is InChI=1S/C12H17N3O/c13-7-2-8-15-12(16)6-5-10-3-1-4-11(14)9-10/h1,3-6,9H,2,7-8,13-14H2,(H,15,16)/b6-5+. The van der Waals surface area contributed by atoms with Gasteiger partial charge in [-0.1, -0.05) is 12.1 Å². The predicted molar refractivity (Wildman–Crippen MR) is 66.6 cm³/mol. The first-order chi connectivity index (χ1) is 7.72. The average Bonchev–Trinajstić information content (AvgIpc) is 2.27. The smallest absolute Gasteiger partial charge is 0.243 e. The number of carbonyl (C=O) groups excluding carboxylic acids is 1. The molecule has 0 saturated heterocycles. The molecule has 0 aliphatic rings. The summed E-state index contributed by atoms with van der Waals surface area (Å²) in [7, 11) is 0. The number of rotatable bonds is 5. The van der Waals surface area contributed by atoms with Crippen molar-refractivity contribution >= 4 is 17.7 Å². The second-order valence-corrected chi connectivity index (χ2v) is 3.44. The molecular formula is C12H17N3O. The van der Waals surface area contributed by atoms with E-state index in [2.05, 4.69) is 5.32 Å². The third-order valence-corrected chi connectivity index (χ3v) is 2.02. The van der Waals surface area contributed by atoms with Crippen molar-refractivity contribution in [1.82, 2.24) is 5.32 Å². The van der Waals surface area contributed by atoms with Gasteiger partial charge in [-0.15, -0.1) is 0 Å². The van der Waals surface area contributed by atoms with Crippen LogP contribution in [0.15, 0.2) is 30.3 Å². The number of hydrogen-bond donors (Lipinski definition) is 3. The molecule has 0 unspecified atom stereocenters. The third kappa shape index (κ3) is 4.61. The van der Waals surface area contributed by atoms with Crippen molar-refractivity contribution in [1.29, 1.82) is 0 Å². The molecule has 4 nitrogen and oxygen atoms in total. The van der Waals surface area contributed by atoms with E-state index in [1.807, 2.05) is 18.2 Å². The van der Waals surface area contributed by atoms with Crippen molar-refractivity contribution in [2.45, 2.75) is 6.42 Å². The summed E-state index contributed by atoms with van der Waals surface area (Å²) in [6.07, 6.45) is 4.01. The molecule has 1 amide bonds. The van der Waals surface area contributed by atoms with Crippen LogP contribution in [0.25, 0.3) is 6.08 Å². The fourth-order valence-electron chi connectivity index (χ4n) is 1.21. The van der Waals surface area contributed by atoms with Crippen LogP contribution in [0.4, 0.5) is 5.69 Å². The SMILES string of the molecule is NCCCNC(=O)/C=C/c1cccc(N)c1. The Bertz CT molecular complexity index is 374. The second kappa shape index (κ2) is 6.63. The highest BCUT2D eigenvalue weighted by Gasteiger charge is 1.94. The first-order valence-electron chi connectivity index (χ1n) is 5.24. The monoisotopic (exact) mass is 219 g/mol.